The SMILES string of the molecule is Cc1cc(C)c(Oc2nc(-c3cc(F)cc(OCC(C)C)c3)ccc2C(=O)NS(=O)(=O)c2cccc(C)n2)c(C)c1.[HH].[HH]. The van der Waals surface area contributed by atoms with Crippen LogP contribution in [0.4, 0.5) is 4.39 Å². The fraction of sp³-hybridized carbons (Fsp3) is 0.258. The van der Waals surface area contributed by atoms with Crippen LogP contribution in [0, 0.1) is 39.4 Å². The molecule has 8 nitrogen and oxygen atoms in total. The Morgan fingerprint density at radius 1 is 0.976 bits per heavy atom. The second-order valence-electron chi connectivity index (χ2n) is 10.3. The van der Waals surface area contributed by atoms with E-state index in [1.807, 2.05) is 46.8 Å². The van der Waals surface area contributed by atoms with Gasteiger partial charge in [0.25, 0.3) is 15.9 Å². The summed E-state index contributed by atoms with van der Waals surface area (Å²) in [4.78, 5) is 21.9. The predicted octanol–water partition coefficient (Wildman–Crippen LogP) is 6.95. The number of rotatable bonds is 9. The van der Waals surface area contributed by atoms with Crippen LogP contribution in [0.2, 0.25) is 0 Å². The minimum Gasteiger partial charge on any atom is -0.493 e. The highest BCUT2D eigenvalue weighted by Gasteiger charge is 2.25. The molecule has 2 aromatic carbocycles. The van der Waals surface area contributed by atoms with Gasteiger partial charge in [0.1, 0.15) is 22.9 Å². The van der Waals surface area contributed by atoms with Gasteiger partial charge < -0.3 is 9.47 Å². The number of nitrogens with zero attached hydrogens (tertiary/aromatic N) is 2. The average Bonchev–Trinajstić information content (AvgIpc) is 2.89. The first-order valence-electron chi connectivity index (χ1n) is 13.0. The van der Waals surface area contributed by atoms with E-state index in [0.29, 0.717) is 35.1 Å². The summed E-state index contributed by atoms with van der Waals surface area (Å²) in [6.07, 6.45) is 0. The third kappa shape index (κ3) is 7.26. The molecule has 218 valence electrons. The van der Waals surface area contributed by atoms with E-state index in [-0.39, 0.29) is 25.2 Å². The van der Waals surface area contributed by atoms with Crippen LogP contribution in [0.5, 0.6) is 17.4 Å². The van der Waals surface area contributed by atoms with Gasteiger partial charge in [-0.2, -0.15) is 8.42 Å². The van der Waals surface area contributed by atoms with Crippen molar-refractivity contribution in [2.24, 2.45) is 5.92 Å². The lowest BCUT2D eigenvalue weighted by Crippen LogP contribution is -2.31. The molecule has 0 aliphatic rings. The number of halogens is 1. The lowest BCUT2D eigenvalue weighted by molar-refractivity contribution is 0.0978. The molecule has 0 aliphatic heterocycles. The molecule has 0 saturated carbocycles. The lowest BCUT2D eigenvalue weighted by Gasteiger charge is -2.16. The molecule has 0 bridgehead atoms. The number of pyridine rings is 2. The third-order valence-electron chi connectivity index (χ3n) is 6.02. The van der Waals surface area contributed by atoms with Crippen molar-refractivity contribution >= 4 is 15.9 Å². The van der Waals surface area contributed by atoms with Crippen LogP contribution in [0.3, 0.4) is 0 Å². The molecule has 0 unspecified atom stereocenters. The number of aromatic nitrogens is 2. The summed E-state index contributed by atoms with van der Waals surface area (Å²) in [5.74, 6) is -0.569. The van der Waals surface area contributed by atoms with Crippen molar-refractivity contribution in [2.45, 2.75) is 46.6 Å². The van der Waals surface area contributed by atoms with Crippen molar-refractivity contribution in [2.75, 3.05) is 6.61 Å². The van der Waals surface area contributed by atoms with Gasteiger partial charge in [-0.25, -0.2) is 19.1 Å². The maximum atomic E-state index is 14.5. The number of amides is 1. The van der Waals surface area contributed by atoms with E-state index in [2.05, 4.69) is 14.7 Å². The minimum absolute atomic E-state index is 0. The molecule has 41 heavy (non-hydrogen) atoms. The van der Waals surface area contributed by atoms with Gasteiger partial charge in [0.2, 0.25) is 5.88 Å². The molecular weight excluding hydrogens is 545 g/mol. The number of aryl methyl sites for hydroxylation is 4. The van der Waals surface area contributed by atoms with Crippen molar-refractivity contribution in [1.82, 2.24) is 14.7 Å². The molecule has 0 saturated heterocycles. The first kappa shape index (κ1) is 29.7. The van der Waals surface area contributed by atoms with E-state index >= 15 is 0 Å². The molecule has 0 fully saturated rings. The Hall–Kier alpha value is -4.31. The van der Waals surface area contributed by atoms with Crippen LogP contribution in [0.1, 0.15) is 49.4 Å². The second kappa shape index (κ2) is 12.1. The Morgan fingerprint density at radius 2 is 1.68 bits per heavy atom. The number of benzene rings is 2. The van der Waals surface area contributed by atoms with E-state index < -0.39 is 21.7 Å². The van der Waals surface area contributed by atoms with Crippen molar-refractivity contribution in [3.05, 3.63) is 94.4 Å². The van der Waals surface area contributed by atoms with E-state index in [1.54, 1.807) is 19.1 Å². The quantitative estimate of drug-likeness (QED) is 0.228. The van der Waals surface area contributed by atoms with Gasteiger partial charge in [0.15, 0.2) is 5.03 Å². The third-order valence-corrected chi connectivity index (χ3v) is 7.26. The van der Waals surface area contributed by atoms with Gasteiger partial charge in [-0.3, -0.25) is 4.79 Å². The maximum absolute atomic E-state index is 14.5. The zero-order valence-corrected chi connectivity index (χ0v) is 24.6. The van der Waals surface area contributed by atoms with Crippen LogP contribution < -0.4 is 14.2 Å². The zero-order valence-electron chi connectivity index (χ0n) is 23.8. The normalized spacial score (nSPS) is 11.4. The molecule has 2 heterocycles. The average molecular weight is 582 g/mol. The molecule has 0 radical (unpaired) electrons. The van der Waals surface area contributed by atoms with Crippen LogP contribution in [-0.2, 0) is 10.0 Å². The number of nitrogens with one attached hydrogen (secondary N) is 1. The molecule has 1 amide bonds. The summed E-state index contributed by atoms with van der Waals surface area (Å²) in [6.45, 7) is 11.7. The minimum atomic E-state index is -4.29. The summed E-state index contributed by atoms with van der Waals surface area (Å²) in [5, 5.41) is -0.295. The number of sulfonamides is 1. The number of hydrogen-bond acceptors (Lipinski definition) is 7. The Balaban J connectivity index is 0.00000323. The van der Waals surface area contributed by atoms with Gasteiger partial charge in [0, 0.05) is 20.2 Å². The molecule has 4 aromatic rings. The Labute approximate surface area is 242 Å². The molecule has 0 atom stereocenters. The van der Waals surface area contributed by atoms with Crippen molar-refractivity contribution in [3.8, 4) is 28.6 Å². The van der Waals surface area contributed by atoms with E-state index in [1.165, 1.54) is 36.4 Å². The number of carbonyl (C=O) groups excluding carboxylic acids is 1. The Morgan fingerprint density at radius 3 is 2.34 bits per heavy atom. The molecule has 1 N–H and O–H groups in total. The standard InChI is InChI=1S/C31H32FN3O5S.2H2/c1-18(2)17-39-25-15-23(14-24(32)16-25)27-11-10-26(30(36)35-41(37,38)28-9-7-8-22(6)33-28)31(34-27)40-29-20(4)12-19(3)13-21(29)5;;/h7-16,18H,17H2,1-6H3,(H,35,36);2*1H. The zero-order chi connectivity index (χ0) is 29.9. The van der Waals surface area contributed by atoms with Gasteiger partial charge in [-0.1, -0.05) is 37.6 Å². The van der Waals surface area contributed by atoms with Crippen molar-refractivity contribution in [3.63, 3.8) is 0 Å². The number of hydrogen-bond donors (Lipinski definition) is 1. The van der Waals surface area contributed by atoms with Crippen molar-refractivity contribution < 1.29 is 29.9 Å². The molecule has 0 spiro atoms. The second-order valence-corrected chi connectivity index (χ2v) is 11.9. The van der Waals surface area contributed by atoms with Crippen LogP contribution in [0.25, 0.3) is 11.3 Å². The molecule has 2 aromatic heterocycles. The topological polar surface area (TPSA) is 107 Å². The fourth-order valence-electron chi connectivity index (χ4n) is 4.23. The van der Waals surface area contributed by atoms with Crippen LogP contribution in [0.15, 0.2) is 65.7 Å². The highest BCUT2D eigenvalue weighted by atomic mass is 32.2. The van der Waals surface area contributed by atoms with Gasteiger partial charge in [0.05, 0.1) is 12.3 Å². The lowest BCUT2D eigenvalue weighted by atomic mass is 10.1. The molecular formula is C31H36FN3O5S. The highest BCUT2D eigenvalue weighted by molar-refractivity contribution is 7.90. The van der Waals surface area contributed by atoms with Gasteiger partial charge >= 0.3 is 0 Å². The summed E-state index contributed by atoms with van der Waals surface area (Å²) < 4.78 is 54.4. The predicted molar refractivity (Wildman–Crippen MR) is 159 cm³/mol. The molecule has 0 aliphatic carbocycles. The van der Waals surface area contributed by atoms with Crippen LogP contribution in [-0.4, -0.2) is 30.9 Å². The molecule has 4 rings (SSSR count). The summed E-state index contributed by atoms with van der Waals surface area (Å²) in [7, 11) is -4.29. The monoisotopic (exact) mass is 581 g/mol. The summed E-state index contributed by atoms with van der Waals surface area (Å²) in [6, 6.07) is 15.4. The highest BCUT2D eigenvalue weighted by Crippen LogP contribution is 2.33. The van der Waals surface area contributed by atoms with Crippen LogP contribution >= 0.6 is 0 Å². The van der Waals surface area contributed by atoms with Crippen molar-refractivity contribution in [1.29, 1.82) is 0 Å². The van der Waals surface area contributed by atoms with Gasteiger partial charge in [-0.05, 0) is 81.1 Å². The summed E-state index contributed by atoms with van der Waals surface area (Å²) >= 11 is 0. The fourth-order valence-corrected chi connectivity index (χ4v) is 5.21. The van der Waals surface area contributed by atoms with Gasteiger partial charge in [-0.15, -0.1) is 0 Å². The Kier molecular flexibility index (Phi) is 8.72. The summed E-state index contributed by atoms with van der Waals surface area (Å²) in [5.41, 5.74) is 3.67. The first-order valence-corrected chi connectivity index (χ1v) is 14.5. The largest absolute Gasteiger partial charge is 0.493 e. The first-order chi connectivity index (χ1) is 19.3. The Bertz CT molecular complexity index is 1710. The maximum Gasteiger partial charge on any atom is 0.281 e. The number of ether oxygens (including phenoxy) is 2. The van der Waals surface area contributed by atoms with E-state index in [9.17, 15) is 17.6 Å². The smallest absolute Gasteiger partial charge is 0.281 e. The van der Waals surface area contributed by atoms with E-state index in [0.717, 1.165) is 16.7 Å². The number of carbonyl (C=O) groups is 1. The molecule has 10 heteroatoms. The van der Waals surface area contributed by atoms with E-state index in [4.69, 9.17) is 9.47 Å².